The SMILES string of the molecule is CCOc1ccccc1C(=O)Nc1scc(-c2ccc3c(c2)CCCC3)c1C(=O)OC. The third-order valence-electron chi connectivity index (χ3n) is 5.50. The number of anilines is 1. The molecule has 5 nitrogen and oxygen atoms in total. The lowest BCUT2D eigenvalue weighted by Crippen LogP contribution is -2.15. The van der Waals surface area contributed by atoms with E-state index < -0.39 is 5.97 Å². The van der Waals surface area contributed by atoms with Gasteiger partial charge in [-0.3, -0.25) is 4.79 Å². The summed E-state index contributed by atoms with van der Waals surface area (Å²) >= 11 is 1.32. The smallest absolute Gasteiger partial charge is 0.341 e. The number of para-hydroxylation sites is 1. The molecule has 1 heterocycles. The van der Waals surface area contributed by atoms with Gasteiger partial charge < -0.3 is 14.8 Å². The maximum Gasteiger partial charge on any atom is 0.341 e. The number of nitrogens with one attached hydrogen (secondary N) is 1. The molecule has 0 bridgehead atoms. The van der Waals surface area contributed by atoms with E-state index >= 15 is 0 Å². The Kier molecular flexibility index (Phi) is 6.37. The zero-order valence-electron chi connectivity index (χ0n) is 17.7. The lowest BCUT2D eigenvalue weighted by molar-refractivity contribution is 0.0603. The maximum atomic E-state index is 13.0. The van der Waals surface area contributed by atoms with Gasteiger partial charge in [0.2, 0.25) is 0 Å². The second kappa shape index (κ2) is 9.35. The molecule has 1 aromatic heterocycles. The second-order valence-corrected chi connectivity index (χ2v) is 8.30. The highest BCUT2D eigenvalue weighted by Crippen LogP contribution is 2.38. The van der Waals surface area contributed by atoms with Gasteiger partial charge in [-0.1, -0.05) is 30.3 Å². The maximum absolute atomic E-state index is 13.0. The number of benzene rings is 2. The van der Waals surface area contributed by atoms with Crippen LogP contribution in [0, 0.1) is 0 Å². The molecule has 6 heteroatoms. The van der Waals surface area contributed by atoms with Crippen LogP contribution in [-0.2, 0) is 17.6 Å². The Morgan fingerprint density at radius 1 is 1.06 bits per heavy atom. The van der Waals surface area contributed by atoms with Crippen LogP contribution < -0.4 is 10.1 Å². The molecule has 0 saturated heterocycles. The van der Waals surface area contributed by atoms with Crippen molar-refractivity contribution in [3.8, 4) is 16.9 Å². The van der Waals surface area contributed by atoms with E-state index in [9.17, 15) is 9.59 Å². The molecule has 1 aliphatic carbocycles. The van der Waals surface area contributed by atoms with Gasteiger partial charge in [-0.25, -0.2) is 4.79 Å². The number of esters is 1. The minimum Gasteiger partial charge on any atom is -0.493 e. The number of methoxy groups -OCH3 is 1. The molecule has 0 atom stereocenters. The first-order valence-corrected chi connectivity index (χ1v) is 11.4. The number of hydrogen-bond acceptors (Lipinski definition) is 5. The zero-order chi connectivity index (χ0) is 21.8. The Bertz CT molecular complexity index is 1120. The van der Waals surface area contributed by atoms with Crippen LogP contribution in [0.5, 0.6) is 5.75 Å². The Morgan fingerprint density at radius 2 is 1.84 bits per heavy atom. The van der Waals surface area contributed by atoms with Crippen molar-refractivity contribution in [3.63, 3.8) is 0 Å². The first-order chi connectivity index (χ1) is 15.1. The van der Waals surface area contributed by atoms with Crippen LogP contribution in [0.3, 0.4) is 0 Å². The zero-order valence-corrected chi connectivity index (χ0v) is 18.5. The van der Waals surface area contributed by atoms with Crippen LogP contribution in [0.2, 0.25) is 0 Å². The number of amides is 1. The van der Waals surface area contributed by atoms with E-state index in [1.807, 2.05) is 18.4 Å². The van der Waals surface area contributed by atoms with Gasteiger partial charge in [0, 0.05) is 10.9 Å². The van der Waals surface area contributed by atoms with Gasteiger partial charge >= 0.3 is 5.97 Å². The third-order valence-corrected chi connectivity index (χ3v) is 6.39. The summed E-state index contributed by atoms with van der Waals surface area (Å²) in [5.41, 5.74) is 5.26. The van der Waals surface area contributed by atoms with Gasteiger partial charge in [0.05, 0.1) is 19.3 Å². The molecule has 31 heavy (non-hydrogen) atoms. The molecule has 0 unspecified atom stereocenters. The lowest BCUT2D eigenvalue weighted by Gasteiger charge is -2.17. The van der Waals surface area contributed by atoms with Crippen molar-refractivity contribution in [1.82, 2.24) is 0 Å². The van der Waals surface area contributed by atoms with Crippen LogP contribution in [0.25, 0.3) is 11.1 Å². The minimum atomic E-state index is -0.470. The second-order valence-electron chi connectivity index (χ2n) is 7.42. The number of ether oxygens (including phenoxy) is 2. The summed E-state index contributed by atoms with van der Waals surface area (Å²) in [6.45, 7) is 2.33. The Labute approximate surface area is 186 Å². The predicted octanol–water partition coefficient (Wildman–Crippen LogP) is 5.73. The van der Waals surface area contributed by atoms with Crippen molar-refractivity contribution in [2.45, 2.75) is 32.6 Å². The molecule has 0 aliphatic heterocycles. The Balaban J connectivity index is 1.69. The van der Waals surface area contributed by atoms with Crippen LogP contribution >= 0.6 is 11.3 Å². The Morgan fingerprint density at radius 3 is 2.61 bits per heavy atom. The molecule has 0 fully saturated rings. The molecule has 3 aromatic rings. The van der Waals surface area contributed by atoms with Crippen molar-refractivity contribution >= 4 is 28.2 Å². The molecule has 0 saturated carbocycles. The highest BCUT2D eigenvalue weighted by Gasteiger charge is 2.24. The van der Waals surface area contributed by atoms with Crippen LogP contribution in [-0.4, -0.2) is 25.6 Å². The lowest BCUT2D eigenvalue weighted by atomic mass is 9.89. The summed E-state index contributed by atoms with van der Waals surface area (Å²) in [6, 6.07) is 13.4. The molecule has 2 aromatic carbocycles. The summed E-state index contributed by atoms with van der Waals surface area (Å²) in [6.07, 6.45) is 4.56. The summed E-state index contributed by atoms with van der Waals surface area (Å²) in [5, 5.41) is 5.26. The topological polar surface area (TPSA) is 64.6 Å². The summed E-state index contributed by atoms with van der Waals surface area (Å²) in [4.78, 5) is 25.6. The number of rotatable bonds is 6. The summed E-state index contributed by atoms with van der Waals surface area (Å²) < 4.78 is 10.6. The standard InChI is InChI=1S/C25H25NO4S/c1-3-30-21-11-7-6-10-19(21)23(27)26-24-22(25(28)29-2)20(15-31-24)18-13-12-16-8-4-5-9-17(16)14-18/h6-7,10-15H,3-5,8-9H2,1-2H3,(H,26,27). The first-order valence-electron chi connectivity index (χ1n) is 10.5. The van der Waals surface area contributed by atoms with E-state index in [0.717, 1.165) is 24.0 Å². The average molecular weight is 436 g/mol. The van der Waals surface area contributed by atoms with Gasteiger partial charge in [0.25, 0.3) is 5.91 Å². The van der Waals surface area contributed by atoms with E-state index in [-0.39, 0.29) is 5.91 Å². The van der Waals surface area contributed by atoms with Gasteiger partial charge in [0.1, 0.15) is 16.3 Å². The largest absolute Gasteiger partial charge is 0.493 e. The van der Waals surface area contributed by atoms with Crippen molar-refractivity contribution in [1.29, 1.82) is 0 Å². The van der Waals surface area contributed by atoms with Crippen LogP contribution in [0.1, 0.15) is 51.6 Å². The van der Waals surface area contributed by atoms with Crippen molar-refractivity contribution < 1.29 is 19.1 Å². The molecular weight excluding hydrogens is 410 g/mol. The molecule has 1 aliphatic rings. The van der Waals surface area contributed by atoms with Crippen molar-refractivity contribution in [2.24, 2.45) is 0 Å². The van der Waals surface area contributed by atoms with E-state index in [2.05, 4.69) is 23.5 Å². The van der Waals surface area contributed by atoms with Crippen molar-refractivity contribution in [2.75, 3.05) is 19.0 Å². The monoisotopic (exact) mass is 435 g/mol. The quantitative estimate of drug-likeness (QED) is 0.502. The molecule has 160 valence electrons. The number of thiophene rings is 1. The van der Waals surface area contributed by atoms with Crippen molar-refractivity contribution in [3.05, 3.63) is 70.1 Å². The van der Waals surface area contributed by atoms with Gasteiger partial charge in [-0.2, -0.15) is 0 Å². The number of carbonyl (C=O) groups excluding carboxylic acids is 2. The molecular formula is C25H25NO4S. The predicted molar refractivity (Wildman–Crippen MR) is 123 cm³/mol. The fourth-order valence-corrected chi connectivity index (χ4v) is 4.93. The number of carbonyl (C=O) groups is 2. The molecule has 1 amide bonds. The molecule has 1 N–H and O–H groups in total. The number of fused-ring (bicyclic) bond motifs is 1. The highest BCUT2D eigenvalue weighted by atomic mass is 32.1. The minimum absolute atomic E-state index is 0.326. The van der Waals surface area contributed by atoms with Gasteiger partial charge in [-0.15, -0.1) is 11.3 Å². The molecule has 4 rings (SSSR count). The third kappa shape index (κ3) is 4.35. The first kappa shape index (κ1) is 21.1. The van der Waals surface area contributed by atoms with E-state index in [1.54, 1.807) is 18.2 Å². The van der Waals surface area contributed by atoms with E-state index in [0.29, 0.717) is 28.5 Å². The van der Waals surface area contributed by atoms with Gasteiger partial charge in [-0.05, 0) is 61.4 Å². The fraction of sp³-hybridized carbons (Fsp3) is 0.280. The average Bonchev–Trinajstić information content (AvgIpc) is 3.22. The summed E-state index contributed by atoms with van der Waals surface area (Å²) in [7, 11) is 1.35. The molecule has 0 spiro atoms. The van der Waals surface area contributed by atoms with Crippen LogP contribution in [0.15, 0.2) is 47.8 Å². The van der Waals surface area contributed by atoms with E-state index in [4.69, 9.17) is 9.47 Å². The number of aryl methyl sites for hydroxylation is 2. The van der Waals surface area contributed by atoms with Gasteiger partial charge in [0.15, 0.2) is 0 Å². The molecule has 0 radical (unpaired) electrons. The number of hydrogen-bond donors (Lipinski definition) is 1. The Hall–Kier alpha value is -3.12. The highest BCUT2D eigenvalue weighted by molar-refractivity contribution is 7.15. The normalized spacial score (nSPS) is 12.7. The van der Waals surface area contributed by atoms with Crippen LogP contribution in [0.4, 0.5) is 5.00 Å². The van der Waals surface area contributed by atoms with E-state index in [1.165, 1.54) is 42.4 Å². The summed E-state index contributed by atoms with van der Waals surface area (Å²) in [5.74, 6) is -0.288. The fourth-order valence-electron chi connectivity index (χ4n) is 3.97.